The number of hydrogen-bond donors (Lipinski definition) is 1. The van der Waals surface area contributed by atoms with Gasteiger partial charge in [0.15, 0.2) is 0 Å². The van der Waals surface area contributed by atoms with Gasteiger partial charge in [0.25, 0.3) is 0 Å². The van der Waals surface area contributed by atoms with Gasteiger partial charge in [-0.2, -0.15) is 0 Å². The number of nitrogens with one attached hydrogen (secondary N) is 1. The van der Waals surface area contributed by atoms with E-state index in [1.54, 1.807) is 12.1 Å². The maximum absolute atomic E-state index is 12.1. The molecule has 2 aromatic carbocycles. The number of carbonyl (C=O) groups excluding carboxylic acids is 1. The molecule has 24 heavy (non-hydrogen) atoms. The van der Waals surface area contributed by atoms with Gasteiger partial charge >= 0.3 is 160 Å². The number of thioether (sulfide) groups is 1. The van der Waals surface area contributed by atoms with Crippen LogP contribution in [0.3, 0.4) is 0 Å². The van der Waals surface area contributed by atoms with Crippen molar-refractivity contribution in [3.8, 4) is 11.3 Å². The summed E-state index contributed by atoms with van der Waals surface area (Å²) < 4.78 is 5.13. The van der Waals surface area contributed by atoms with Crippen LogP contribution in [0.5, 0.6) is 0 Å². The molecule has 0 aliphatic rings. The molecule has 0 spiro atoms. The standard InChI is InChI=1S/C16H11Cl2N3OSSe/c17-12-7-6-10(8-13(12)18)15-16(24-21-20-15)23-9-14(22)19-11-4-2-1-3-5-11/h1-8H,9H2,(H,19,22). The van der Waals surface area contributed by atoms with E-state index >= 15 is 0 Å². The quantitative estimate of drug-likeness (QED) is 0.474. The average molecular weight is 443 g/mol. The third kappa shape index (κ3) is 4.41. The molecular weight excluding hydrogens is 432 g/mol. The Morgan fingerprint density at radius 1 is 1.12 bits per heavy atom. The fraction of sp³-hybridized carbons (Fsp3) is 0.0625. The number of anilines is 1. The number of benzene rings is 2. The molecule has 0 aliphatic heterocycles. The van der Waals surface area contributed by atoms with Crippen molar-refractivity contribution in [2.45, 2.75) is 3.77 Å². The molecule has 0 saturated heterocycles. The zero-order valence-electron chi connectivity index (χ0n) is 12.2. The molecule has 1 N–H and O–H groups in total. The summed E-state index contributed by atoms with van der Waals surface area (Å²) in [5.74, 6) is 0.247. The zero-order valence-corrected chi connectivity index (χ0v) is 16.2. The van der Waals surface area contributed by atoms with Crippen molar-refractivity contribution >= 4 is 61.3 Å². The molecule has 122 valence electrons. The molecule has 0 saturated carbocycles. The Bertz CT molecular complexity index is 858. The Morgan fingerprint density at radius 3 is 2.67 bits per heavy atom. The molecule has 3 rings (SSSR count). The van der Waals surface area contributed by atoms with Gasteiger partial charge < -0.3 is 0 Å². The van der Waals surface area contributed by atoms with Gasteiger partial charge in [0.2, 0.25) is 0 Å². The predicted octanol–water partition coefficient (Wildman–Crippen LogP) is 4.24. The van der Waals surface area contributed by atoms with E-state index in [-0.39, 0.29) is 20.6 Å². The number of para-hydroxylation sites is 1. The van der Waals surface area contributed by atoms with E-state index in [0.717, 1.165) is 20.7 Å². The van der Waals surface area contributed by atoms with Gasteiger partial charge in [0.1, 0.15) is 0 Å². The third-order valence-corrected chi connectivity index (χ3v) is 6.87. The van der Waals surface area contributed by atoms with Crippen LogP contribution in [0.4, 0.5) is 5.69 Å². The van der Waals surface area contributed by atoms with E-state index in [1.807, 2.05) is 36.4 Å². The molecule has 0 aliphatic carbocycles. The Labute approximate surface area is 159 Å². The van der Waals surface area contributed by atoms with E-state index in [4.69, 9.17) is 23.2 Å². The fourth-order valence-electron chi connectivity index (χ4n) is 1.95. The molecule has 4 nitrogen and oxygen atoms in total. The normalized spacial score (nSPS) is 10.6. The first-order valence-corrected chi connectivity index (χ1v) is 10.3. The first-order valence-electron chi connectivity index (χ1n) is 6.89. The van der Waals surface area contributed by atoms with Crippen molar-refractivity contribution in [3.05, 3.63) is 58.6 Å². The minimum atomic E-state index is -0.112. The summed E-state index contributed by atoms with van der Waals surface area (Å²) in [7, 11) is 0. The molecule has 1 aromatic heterocycles. The van der Waals surface area contributed by atoms with Gasteiger partial charge in [-0.05, 0) is 0 Å². The van der Waals surface area contributed by atoms with E-state index in [0.29, 0.717) is 15.8 Å². The van der Waals surface area contributed by atoms with Crippen molar-refractivity contribution < 1.29 is 4.79 Å². The van der Waals surface area contributed by atoms with Crippen LogP contribution in [-0.4, -0.2) is 35.6 Å². The Balaban J connectivity index is 1.67. The monoisotopic (exact) mass is 443 g/mol. The van der Waals surface area contributed by atoms with Crippen molar-refractivity contribution in [2.24, 2.45) is 0 Å². The SMILES string of the molecule is O=C(CSc1[se]nnc1-c1ccc(Cl)c(Cl)c1)Nc1ccccc1. The Morgan fingerprint density at radius 2 is 1.92 bits per heavy atom. The van der Waals surface area contributed by atoms with Crippen LogP contribution in [0.25, 0.3) is 11.3 Å². The number of carbonyl (C=O) groups is 1. The van der Waals surface area contributed by atoms with E-state index in [2.05, 4.69) is 14.5 Å². The van der Waals surface area contributed by atoms with Crippen LogP contribution in [0.15, 0.2) is 52.3 Å². The minimum absolute atomic E-state index is 0.0603. The van der Waals surface area contributed by atoms with Gasteiger partial charge in [-0.1, -0.05) is 0 Å². The summed E-state index contributed by atoms with van der Waals surface area (Å²) in [5, 5.41) is 8.03. The first kappa shape index (κ1) is 17.5. The Hall–Kier alpha value is -1.30. The number of halogens is 2. The summed E-state index contributed by atoms with van der Waals surface area (Å²) in [6.07, 6.45) is 0. The van der Waals surface area contributed by atoms with E-state index in [9.17, 15) is 4.79 Å². The summed E-state index contributed by atoms with van der Waals surface area (Å²) in [6.45, 7) is 0. The molecule has 1 amide bonds. The van der Waals surface area contributed by atoms with Gasteiger partial charge in [-0.25, -0.2) is 0 Å². The van der Waals surface area contributed by atoms with Crippen LogP contribution >= 0.6 is 35.0 Å². The molecule has 1 heterocycles. The third-order valence-electron chi connectivity index (χ3n) is 3.04. The van der Waals surface area contributed by atoms with Gasteiger partial charge in [0.05, 0.1) is 0 Å². The molecule has 0 radical (unpaired) electrons. The van der Waals surface area contributed by atoms with Crippen LogP contribution in [0, 0.1) is 0 Å². The number of amides is 1. The second-order valence-corrected chi connectivity index (χ2v) is 8.71. The van der Waals surface area contributed by atoms with Crippen molar-refractivity contribution in [1.29, 1.82) is 0 Å². The van der Waals surface area contributed by atoms with Crippen LogP contribution in [-0.2, 0) is 4.79 Å². The van der Waals surface area contributed by atoms with Crippen molar-refractivity contribution in [2.75, 3.05) is 11.1 Å². The summed E-state index contributed by atoms with van der Waals surface area (Å²) in [6, 6.07) is 14.7. The predicted molar refractivity (Wildman–Crippen MR) is 100 cm³/mol. The number of aromatic nitrogens is 2. The molecule has 0 fully saturated rings. The van der Waals surface area contributed by atoms with Crippen LogP contribution in [0.2, 0.25) is 10.0 Å². The number of nitrogens with zero attached hydrogens (tertiary/aromatic N) is 2. The summed E-state index contributed by atoms with van der Waals surface area (Å²) in [4.78, 5) is 12.1. The van der Waals surface area contributed by atoms with Gasteiger partial charge in [-0.15, -0.1) is 0 Å². The molecule has 8 heteroatoms. The number of hydrogen-bond acceptors (Lipinski definition) is 4. The van der Waals surface area contributed by atoms with Crippen LogP contribution in [0.1, 0.15) is 0 Å². The second kappa shape index (κ2) is 8.19. The first-order chi connectivity index (χ1) is 11.6. The van der Waals surface area contributed by atoms with Gasteiger partial charge in [-0.3, -0.25) is 0 Å². The van der Waals surface area contributed by atoms with E-state index < -0.39 is 0 Å². The fourth-order valence-corrected chi connectivity index (χ4v) is 4.73. The molecule has 0 unspecified atom stereocenters. The van der Waals surface area contributed by atoms with Crippen molar-refractivity contribution in [1.82, 2.24) is 9.19 Å². The molecular formula is C16H11Cl2N3OSSe. The average Bonchev–Trinajstić information content (AvgIpc) is 3.05. The maximum atomic E-state index is 12.1. The Kier molecular flexibility index (Phi) is 5.98. The van der Waals surface area contributed by atoms with Crippen LogP contribution < -0.4 is 5.32 Å². The summed E-state index contributed by atoms with van der Waals surface area (Å²) in [5.41, 5.74) is 2.41. The van der Waals surface area contributed by atoms with E-state index in [1.165, 1.54) is 11.8 Å². The summed E-state index contributed by atoms with van der Waals surface area (Å²) >= 11 is 13.4. The number of rotatable bonds is 5. The zero-order chi connectivity index (χ0) is 16.9. The molecule has 3 aromatic rings. The molecule has 0 bridgehead atoms. The molecule has 0 atom stereocenters. The second-order valence-electron chi connectivity index (χ2n) is 4.74. The van der Waals surface area contributed by atoms with Crippen molar-refractivity contribution in [3.63, 3.8) is 0 Å². The van der Waals surface area contributed by atoms with Gasteiger partial charge in [0, 0.05) is 0 Å². The topological polar surface area (TPSA) is 54.9 Å².